The summed E-state index contributed by atoms with van der Waals surface area (Å²) in [5.41, 5.74) is 0. The Bertz CT molecular complexity index is 440. The molecule has 0 unspecified atom stereocenters. The number of nitrogens with zero attached hydrogens (tertiary/aromatic N) is 1. The number of thioether (sulfide) groups is 1. The van der Waals surface area contributed by atoms with Gasteiger partial charge < -0.3 is 15.0 Å². The van der Waals surface area contributed by atoms with Gasteiger partial charge in [0.05, 0.1) is 12.3 Å². The van der Waals surface area contributed by atoms with E-state index in [1.807, 2.05) is 30.3 Å². The van der Waals surface area contributed by atoms with Crippen LogP contribution in [0, 0.1) is 0 Å². The summed E-state index contributed by atoms with van der Waals surface area (Å²) >= 11 is 1.47. The standard InChI is InChI=1S/C15H22N2O3S/c1-17(11-14(18)16-9-6-10-20-2)15(19)12-21-13-7-4-3-5-8-13/h3-5,7-8H,6,9-12H2,1-2H3,(H,16,18). The molecule has 0 fully saturated rings. The Hall–Kier alpha value is -1.53. The second-order valence-electron chi connectivity index (χ2n) is 4.55. The Morgan fingerprint density at radius 2 is 2.00 bits per heavy atom. The summed E-state index contributed by atoms with van der Waals surface area (Å²) in [4.78, 5) is 26.1. The molecule has 0 aliphatic rings. The van der Waals surface area contributed by atoms with E-state index in [4.69, 9.17) is 4.74 Å². The summed E-state index contributed by atoms with van der Waals surface area (Å²) in [6, 6.07) is 9.72. The third-order valence-corrected chi connectivity index (χ3v) is 3.76. The van der Waals surface area contributed by atoms with Crippen LogP contribution in [0.5, 0.6) is 0 Å². The van der Waals surface area contributed by atoms with Crippen LogP contribution in [0.3, 0.4) is 0 Å². The van der Waals surface area contributed by atoms with Crippen molar-refractivity contribution < 1.29 is 14.3 Å². The van der Waals surface area contributed by atoms with Crippen LogP contribution in [0.15, 0.2) is 35.2 Å². The molecule has 1 aromatic carbocycles. The summed E-state index contributed by atoms with van der Waals surface area (Å²) in [6.07, 6.45) is 0.768. The lowest BCUT2D eigenvalue weighted by atomic mass is 10.4. The van der Waals surface area contributed by atoms with E-state index in [0.717, 1.165) is 11.3 Å². The quantitative estimate of drug-likeness (QED) is 0.553. The van der Waals surface area contributed by atoms with Crippen molar-refractivity contribution in [2.24, 2.45) is 0 Å². The van der Waals surface area contributed by atoms with Gasteiger partial charge in [-0.05, 0) is 18.6 Å². The van der Waals surface area contributed by atoms with Crippen LogP contribution in [0.2, 0.25) is 0 Å². The average molecular weight is 310 g/mol. The van der Waals surface area contributed by atoms with Crippen molar-refractivity contribution in [2.75, 3.05) is 39.6 Å². The Kier molecular flexibility index (Phi) is 8.54. The van der Waals surface area contributed by atoms with Crippen molar-refractivity contribution in [1.82, 2.24) is 10.2 Å². The van der Waals surface area contributed by atoms with Crippen molar-refractivity contribution in [3.63, 3.8) is 0 Å². The highest BCUT2D eigenvalue weighted by atomic mass is 32.2. The van der Waals surface area contributed by atoms with Gasteiger partial charge in [0.2, 0.25) is 11.8 Å². The maximum Gasteiger partial charge on any atom is 0.239 e. The number of hydrogen-bond donors (Lipinski definition) is 1. The van der Waals surface area contributed by atoms with Crippen molar-refractivity contribution in [1.29, 1.82) is 0 Å². The van der Waals surface area contributed by atoms with Crippen LogP contribution in [0.4, 0.5) is 0 Å². The molecule has 0 heterocycles. The van der Waals surface area contributed by atoms with Gasteiger partial charge in [0.15, 0.2) is 0 Å². The van der Waals surface area contributed by atoms with Gasteiger partial charge in [0.1, 0.15) is 0 Å². The van der Waals surface area contributed by atoms with Crippen LogP contribution in [-0.2, 0) is 14.3 Å². The summed E-state index contributed by atoms with van der Waals surface area (Å²) in [5.74, 6) is 0.125. The minimum atomic E-state index is -0.147. The molecular formula is C15H22N2O3S. The molecule has 1 rings (SSSR count). The summed E-state index contributed by atoms with van der Waals surface area (Å²) in [5, 5.41) is 2.76. The molecule has 0 atom stereocenters. The Morgan fingerprint density at radius 1 is 1.29 bits per heavy atom. The molecule has 21 heavy (non-hydrogen) atoms. The monoisotopic (exact) mass is 310 g/mol. The molecule has 0 saturated carbocycles. The zero-order chi connectivity index (χ0) is 15.5. The predicted octanol–water partition coefficient (Wildman–Crippen LogP) is 1.39. The molecule has 1 aromatic rings. The van der Waals surface area contributed by atoms with E-state index in [0.29, 0.717) is 18.9 Å². The van der Waals surface area contributed by atoms with Crippen LogP contribution >= 0.6 is 11.8 Å². The average Bonchev–Trinajstić information content (AvgIpc) is 2.50. The molecule has 1 N–H and O–H groups in total. The minimum absolute atomic E-state index is 0.0594. The molecule has 0 spiro atoms. The Morgan fingerprint density at radius 3 is 2.67 bits per heavy atom. The highest BCUT2D eigenvalue weighted by Crippen LogP contribution is 2.16. The number of rotatable bonds is 9. The minimum Gasteiger partial charge on any atom is -0.385 e. The molecular weight excluding hydrogens is 288 g/mol. The molecule has 2 amide bonds. The SMILES string of the molecule is COCCCNC(=O)CN(C)C(=O)CSc1ccccc1. The van der Waals surface area contributed by atoms with E-state index in [9.17, 15) is 9.59 Å². The second-order valence-corrected chi connectivity index (χ2v) is 5.60. The normalized spacial score (nSPS) is 10.2. The van der Waals surface area contributed by atoms with Crippen molar-refractivity contribution in [3.05, 3.63) is 30.3 Å². The molecule has 0 aromatic heterocycles. The maximum atomic E-state index is 11.9. The van der Waals surface area contributed by atoms with E-state index in [-0.39, 0.29) is 18.4 Å². The van der Waals surface area contributed by atoms with Crippen molar-refractivity contribution in [2.45, 2.75) is 11.3 Å². The van der Waals surface area contributed by atoms with Gasteiger partial charge in [0.25, 0.3) is 0 Å². The molecule has 0 saturated heterocycles. The topological polar surface area (TPSA) is 58.6 Å². The molecule has 0 aliphatic heterocycles. The van der Waals surface area contributed by atoms with Gasteiger partial charge in [-0.25, -0.2) is 0 Å². The maximum absolute atomic E-state index is 11.9. The number of ether oxygens (including phenoxy) is 1. The van der Waals surface area contributed by atoms with Gasteiger partial charge in [-0.15, -0.1) is 11.8 Å². The lowest BCUT2D eigenvalue weighted by Crippen LogP contribution is -2.39. The number of benzene rings is 1. The fourth-order valence-electron chi connectivity index (χ4n) is 1.58. The first kappa shape index (κ1) is 17.5. The Balaban J connectivity index is 2.22. The van der Waals surface area contributed by atoms with E-state index in [1.165, 1.54) is 16.7 Å². The number of nitrogens with one attached hydrogen (secondary N) is 1. The van der Waals surface area contributed by atoms with E-state index in [1.54, 1.807) is 14.2 Å². The largest absolute Gasteiger partial charge is 0.385 e. The molecule has 5 nitrogen and oxygen atoms in total. The molecule has 0 radical (unpaired) electrons. The van der Waals surface area contributed by atoms with Crippen LogP contribution < -0.4 is 5.32 Å². The van der Waals surface area contributed by atoms with E-state index in [2.05, 4.69) is 5.32 Å². The Labute approximate surface area is 130 Å². The number of methoxy groups -OCH3 is 1. The third kappa shape index (κ3) is 7.72. The van der Waals surface area contributed by atoms with Gasteiger partial charge >= 0.3 is 0 Å². The smallest absolute Gasteiger partial charge is 0.239 e. The fraction of sp³-hybridized carbons (Fsp3) is 0.467. The van der Waals surface area contributed by atoms with Crippen LogP contribution in [-0.4, -0.2) is 56.3 Å². The van der Waals surface area contributed by atoms with Crippen molar-refractivity contribution in [3.8, 4) is 0 Å². The highest BCUT2D eigenvalue weighted by molar-refractivity contribution is 8.00. The zero-order valence-corrected chi connectivity index (χ0v) is 13.3. The number of likely N-dealkylation sites (N-methyl/N-ethyl adjacent to an activating group) is 1. The van der Waals surface area contributed by atoms with Crippen LogP contribution in [0.25, 0.3) is 0 Å². The van der Waals surface area contributed by atoms with Gasteiger partial charge in [-0.2, -0.15) is 0 Å². The zero-order valence-electron chi connectivity index (χ0n) is 12.5. The van der Waals surface area contributed by atoms with Gasteiger partial charge in [-0.1, -0.05) is 18.2 Å². The number of amides is 2. The molecule has 0 bridgehead atoms. The first-order valence-corrected chi connectivity index (χ1v) is 7.79. The molecule has 0 aliphatic carbocycles. The second kappa shape index (κ2) is 10.2. The molecule has 116 valence electrons. The lowest BCUT2D eigenvalue weighted by Gasteiger charge is -2.16. The first-order chi connectivity index (χ1) is 10.1. The fourth-order valence-corrected chi connectivity index (χ4v) is 2.44. The van der Waals surface area contributed by atoms with Crippen molar-refractivity contribution >= 4 is 23.6 Å². The number of hydrogen-bond acceptors (Lipinski definition) is 4. The lowest BCUT2D eigenvalue weighted by molar-refractivity contribution is -0.132. The third-order valence-electron chi connectivity index (χ3n) is 2.76. The van der Waals surface area contributed by atoms with E-state index < -0.39 is 0 Å². The summed E-state index contributed by atoms with van der Waals surface area (Å²) in [6.45, 7) is 1.26. The number of carbonyl (C=O) groups excluding carboxylic acids is 2. The van der Waals surface area contributed by atoms with Crippen LogP contribution in [0.1, 0.15) is 6.42 Å². The molecule has 6 heteroatoms. The van der Waals surface area contributed by atoms with E-state index >= 15 is 0 Å². The summed E-state index contributed by atoms with van der Waals surface area (Å²) < 4.78 is 4.90. The highest BCUT2D eigenvalue weighted by Gasteiger charge is 2.12. The summed E-state index contributed by atoms with van der Waals surface area (Å²) in [7, 11) is 3.27. The number of carbonyl (C=O) groups is 2. The first-order valence-electron chi connectivity index (χ1n) is 6.81. The van der Waals surface area contributed by atoms with Gasteiger partial charge in [0, 0.05) is 32.2 Å². The van der Waals surface area contributed by atoms with Gasteiger partial charge in [-0.3, -0.25) is 9.59 Å². The predicted molar refractivity (Wildman–Crippen MR) is 84.3 cm³/mol.